The normalized spacial score (nSPS) is 24.2. The average Bonchev–Trinajstić information content (AvgIpc) is 2.06. The van der Waals surface area contributed by atoms with Crippen molar-refractivity contribution < 1.29 is 8.42 Å². The highest BCUT2D eigenvalue weighted by Gasteiger charge is 2.16. The van der Waals surface area contributed by atoms with Gasteiger partial charge in [0.25, 0.3) is 0 Å². The van der Waals surface area contributed by atoms with Gasteiger partial charge in [0.05, 0.1) is 0 Å². The van der Waals surface area contributed by atoms with Crippen LogP contribution in [0.4, 0.5) is 0 Å². The van der Waals surface area contributed by atoms with E-state index in [4.69, 9.17) is 11.6 Å². The molecule has 0 aromatic heterocycles. The van der Waals surface area contributed by atoms with Gasteiger partial charge >= 0.3 is 0 Å². The number of hydrogen-bond donors (Lipinski definition) is 1. The Morgan fingerprint density at radius 3 is 2.75 bits per heavy atom. The molecule has 0 saturated carbocycles. The van der Waals surface area contributed by atoms with Crippen LogP contribution >= 0.6 is 11.6 Å². The summed E-state index contributed by atoms with van der Waals surface area (Å²) in [6.45, 7) is 0. The Morgan fingerprint density at radius 1 is 1.50 bits per heavy atom. The fraction of sp³-hybridized carbons (Fsp3) is 0.714. The Kier molecular flexibility index (Phi) is 3.55. The van der Waals surface area contributed by atoms with Crippen LogP contribution in [0.3, 0.4) is 0 Å². The summed E-state index contributed by atoms with van der Waals surface area (Å²) in [4.78, 5) is 0. The van der Waals surface area contributed by atoms with E-state index in [1.807, 2.05) is 6.08 Å². The minimum Gasteiger partial charge on any atom is -0.211 e. The Labute approximate surface area is 77.8 Å². The molecule has 70 valence electrons. The summed E-state index contributed by atoms with van der Waals surface area (Å²) in [6.07, 6.45) is 6.63. The molecule has 0 aliphatic heterocycles. The van der Waals surface area contributed by atoms with Gasteiger partial charge in [0, 0.05) is 6.04 Å². The van der Waals surface area contributed by atoms with E-state index in [1.54, 1.807) is 0 Å². The third-order valence-corrected chi connectivity index (χ3v) is 3.60. The molecule has 1 N–H and O–H groups in total. The lowest BCUT2D eigenvalue weighted by molar-refractivity contribution is 0.525. The van der Waals surface area contributed by atoms with Crippen LogP contribution < -0.4 is 4.72 Å². The van der Waals surface area contributed by atoms with Gasteiger partial charge in [-0.3, -0.25) is 0 Å². The number of nitrogens with one attached hydrogen (secondary N) is 1. The monoisotopic (exact) mass is 209 g/mol. The first-order chi connectivity index (χ1) is 5.64. The second-order valence-electron chi connectivity index (χ2n) is 2.82. The smallest absolute Gasteiger partial charge is 0.211 e. The van der Waals surface area contributed by atoms with Gasteiger partial charge in [0.1, 0.15) is 5.21 Å². The Bertz CT molecular complexity index is 261. The first-order valence-electron chi connectivity index (χ1n) is 3.85. The summed E-state index contributed by atoms with van der Waals surface area (Å²) in [6, 6.07) is 0.0405. The highest BCUT2D eigenvalue weighted by molar-refractivity contribution is 7.90. The predicted molar refractivity (Wildman–Crippen MR) is 49.6 cm³/mol. The fourth-order valence-corrected chi connectivity index (χ4v) is 2.16. The fourth-order valence-electron chi connectivity index (χ4n) is 1.19. The molecule has 5 heteroatoms. The molecule has 12 heavy (non-hydrogen) atoms. The molecule has 0 radical (unpaired) electrons. The van der Waals surface area contributed by atoms with E-state index >= 15 is 0 Å². The maximum atomic E-state index is 11.0. The SMILES string of the molecule is O=S(=O)(CCl)NC1CC=CCC1. The molecule has 0 spiro atoms. The van der Waals surface area contributed by atoms with Crippen LogP contribution in [0.15, 0.2) is 12.2 Å². The Hall–Kier alpha value is -0.0600. The molecule has 1 unspecified atom stereocenters. The van der Waals surface area contributed by atoms with Gasteiger partial charge < -0.3 is 0 Å². The first-order valence-corrected chi connectivity index (χ1v) is 6.04. The lowest BCUT2D eigenvalue weighted by Crippen LogP contribution is -2.35. The third kappa shape index (κ3) is 3.13. The average molecular weight is 210 g/mol. The van der Waals surface area contributed by atoms with Crippen LogP contribution in [0, 0.1) is 0 Å². The molecule has 1 rings (SSSR count). The van der Waals surface area contributed by atoms with Crippen molar-refractivity contribution in [3.8, 4) is 0 Å². The maximum Gasteiger partial charge on any atom is 0.225 e. The number of allylic oxidation sites excluding steroid dienone is 1. The summed E-state index contributed by atoms with van der Waals surface area (Å²) < 4.78 is 24.5. The molecule has 0 bridgehead atoms. The molecule has 0 heterocycles. The predicted octanol–water partition coefficient (Wildman–Crippen LogP) is 1.21. The molecule has 1 aliphatic carbocycles. The van der Waals surface area contributed by atoms with E-state index in [0.29, 0.717) is 0 Å². The standard InChI is InChI=1S/C7H12ClNO2S/c8-6-12(10,11)9-7-4-2-1-3-5-7/h1-2,7,9H,3-6H2. The summed E-state index contributed by atoms with van der Waals surface area (Å²) in [5.74, 6) is 0. The van der Waals surface area contributed by atoms with Crippen LogP contribution in [0.1, 0.15) is 19.3 Å². The van der Waals surface area contributed by atoms with Crippen LogP contribution in [0.2, 0.25) is 0 Å². The van der Waals surface area contributed by atoms with E-state index in [1.165, 1.54) is 0 Å². The second-order valence-corrected chi connectivity index (χ2v) is 5.16. The molecule has 1 atom stereocenters. The summed E-state index contributed by atoms with van der Waals surface area (Å²) in [5.41, 5.74) is 0. The van der Waals surface area contributed by atoms with E-state index in [0.717, 1.165) is 19.3 Å². The number of hydrogen-bond acceptors (Lipinski definition) is 2. The van der Waals surface area contributed by atoms with Crippen molar-refractivity contribution in [1.29, 1.82) is 0 Å². The molecular weight excluding hydrogens is 198 g/mol. The molecule has 0 aromatic rings. The Balaban J connectivity index is 2.46. The van der Waals surface area contributed by atoms with Crippen LogP contribution in [0.5, 0.6) is 0 Å². The van der Waals surface area contributed by atoms with Crippen molar-refractivity contribution in [2.75, 3.05) is 5.21 Å². The van der Waals surface area contributed by atoms with Gasteiger partial charge in [-0.2, -0.15) is 0 Å². The topological polar surface area (TPSA) is 46.2 Å². The number of alkyl halides is 1. The molecule has 0 saturated heterocycles. The van der Waals surface area contributed by atoms with Gasteiger partial charge in [-0.1, -0.05) is 12.2 Å². The van der Waals surface area contributed by atoms with Crippen molar-refractivity contribution in [2.24, 2.45) is 0 Å². The van der Waals surface area contributed by atoms with Crippen molar-refractivity contribution in [1.82, 2.24) is 4.72 Å². The molecule has 0 fully saturated rings. The van der Waals surface area contributed by atoms with E-state index in [2.05, 4.69) is 10.8 Å². The summed E-state index contributed by atoms with van der Waals surface area (Å²) >= 11 is 5.24. The molecule has 0 aromatic carbocycles. The van der Waals surface area contributed by atoms with Gasteiger partial charge in [-0.25, -0.2) is 13.1 Å². The minimum absolute atomic E-state index is 0.0405. The number of halogens is 1. The van der Waals surface area contributed by atoms with Crippen molar-refractivity contribution >= 4 is 21.6 Å². The number of sulfonamides is 1. The quantitative estimate of drug-likeness (QED) is 0.561. The van der Waals surface area contributed by atoms with Gasteiger partial charge in [-0.15, -0.1) is 11.6 Å². The van der Waals surface area contributed by atoms with Gasteiger partial charge in [0.2, 0.25) is 10.0 Å². The molecule has 3 nitrogen and oxygen atoms in total. The maximum absolute atomic E-state index is 11.0. The van der Waals surface area contributed by atoms with Gasteiger partial charge in [0.15, 0.2) is 0 Å². The van der Waals surface area contributed by atoms with E-state index < -0.39 is 10.0 Å². The number of rotatable bonds is 3. The zero-order valence-corrected chi connectivity index (χ0v) is 8.24. The molecule has 0 amide bonds. The minimum atomic E-state index is -3.24. The van der Waals surface area contributed by atoms with Crippen LogP contribution in [-0.4, -0.2) is 19.7 Å². The van der Waals surface area contributed by atoms with Crippen LogP contribution in [-0.2, 0) is 10.0 Å². The third-order valence-electron chi connectivity index (χ3n) is 1.76. The lowest BCUT2D eigenvalue weighted by Gasteiger charge is -2.18. The first kappa shape index (κ1) is 10.0. The van der Waals surface area contributed by atoms with E-state index in [-0.39, 0.29) is 11.3 Å². The Morgan fingerprint density at radius 2 is 2.25 bits per heavy atom. The van der Waals surface area contributed by atoms with Crippen molar-refractivity contribution in [2.45, 2.75) is 25.3 Å². The second kappa shape index (κ2) is 4.25. The van der Waals surface area contributed by atoms with Crippen molar-refractivity contribution in [3.05, 3.63) is 12.2 Å². The highest BCUT2D eigenvalue weighted by Crippen LogP contribution is 2.11. The largest absolute Gasteiger partial charge is 0.225 e. The zero-order valence-electron chi connectivity index (χ0n) is 6.66. The highest BCUT2D eigenvalue weighted by atomic mass is 35.5. The summed E-state index contributed by atoms with van der Waals surface area (Å²) in [5, 5.41) is -0.354. The lowest BCUT2D eigenvalue weighted by atomic mass is 10.0. The zero-order chi connectivity index (χ0) is 9.03. The van der Waals surface area contributed by atoms with E-state index in [9.17, 15) is 8.42 Å². The van der Waals surface area contributed by atoms with Crippen molar-refractivity contribution in [3.63, 3.8) is 0 Å². The van der Waals surface area contributed by atoms with Gasteiger partial charge in [-0.05, 0) is 19.3 Å². The summed E-state index contributed by atoms with van der Waals surface area (Å²) in [7, 11) is -3.24. The molecule has 1 aliphatic rings. The van der Waals surface area contributed by atoms with Crippen LogP contribution in [0.25, 0.3) is 0 Å². The molecular formula is C7H12ClNO2S.